The molecule has 0 bridgehead atoms. The summed E-state index contributed by atoms with van der Waals surface area (Å²) in [6.07, 6.45) is 0. The lowest BCUT2D eigenvalue weighted by Crippen LogP contribution is -2.20. The van der Waals surface area contributed by atoms with Crippen LogP contribution in [0, 0.1) is 13.8 Å². The largest absolute Gasteiger partial charge is 0.323 e. The van der Waals surface area contributed by atoms with E-state index < -0.39 is 26.1 Å². The lowest BCUT2D eigenvalue weighted by Gasteiger charge is -2.13. The third-order valence-corrected chi connectivity index (χ3v) is 8.59. The Labute approximate surface area is 222 Å². The maximum atomic E-state index is 12.8. The Morgan fingerprint density at radius 1 is 0.526 bits per heavy atom. The smallest absolute Gasteiger partial charge is 0.308 e. The van der Waals surface area contributed by atoms with Crippen molar-refractivity contribution in [3.05, 3.63) is 108 Å². The molecule has 38 heavy (non-hydrogen) atoms. The highest BCUT2D eigenvalue weighted by Crippen LogP contribution is 2.23. The van der Waals surface area contributed by atoms with Crippen LogP contribution in [-0.4, -0.2) is 22.9 Å². The number of rotatable bonds is 8. The number of amides is 2. The SMILES string of the molecule is Cc1ccccc1S(=O)(=O)Nc1cccc(NC(=O)Nc2cccc(NS(=O)(=O)c3ccccc3C)c2)c1. The van der Waals surface area contributed by atoms with E-state index in [1.165, 1.54) is 24.3 Å². The third kappa shape index (κ3) is 6.50. The van der Waals surface area contributed by atoms with E-state index in [9.17, 15) is 21.6 Å². The summed E-state index contributed by atoms with van der Waals surface area (Å²) in [6, 6.07) is 25.2. The predicted molar refractivity (Wildman–Crippen MR) is 150 cm³/mol. The van der Waals surface area contributed by atoms with E-state index in [4.69, 9.17) is 0 Å². The number of urea groups is 1. The summed E-state index contributed by atoms with van der Waals surface area (Å²) in [5.74, 6) is 0. The summed E-state index contributed by atoms with van der Waals surface area (Å²) in [6.45, 7) is 3.42. The van der Waals surface area contributed by atoms with Crippen molar-refractivity contribution in [1.29, 1.82) is 0 Å². The van der Waals surface area contributed by atoms with Gasteiger partial charge in [0.05, 0.1) is 21.2 Å². The van der Waals surface area contributed by atoms with Gasteiger partial charge >= 0.3 is 6.03 Å². The molecule has 9 nitrogen and oxygen atoms in total. The molecule has 0 spiro atoms. The van der Waals surface area contributed by atoms with Crippen LogP contribution in [0.5, 0.6) is 0 Å². The van der Waals surface area contributed by atoms with Gasteiger partial charge in [-0.15, -0.1) is 0 Å². The number of hydrogen-bond acceptors (Lipinski definition) is 5. The number of carbonyl (C=O) groups excluding carboxylic acids is 1. The highest BCUT2D eigenvalue weighted by Gasteiger charge is 2.18. The van der Waals surface area contributed by atoms with Crippen molar-refractivity contribution in [2.45, 2.75) is 23.6 Å². The molecule has 0 aromatic heterocycles. The van der Waals surface area contributed by atoms with Crippen LogP contribution < -0.4 is 20.1 Å². The fraction of sp³-hybridized carbons (Fsp3) is 0.0741. The van der Waals surface area contributed by atoms with Gasteiger partial charge in [0.15, 0.2) is 0 Å². The van der Waals surface area contributed by atoms with Gasteiger partial charge < -0.3 is 10.6 Å². The highest BCUT2D eigenvalue weighted by atomic mass is 32.2. The minimum absolute atomic E-state index is 0.161. The van der Waals surface area contributed by atoms with Crippen LogP contribution in [0.15, 0.2) is 107 Å². The van der Waals surface area contributed by atoms with Crippen molar-refractivity contribution in [3.63, 3.8) is 0 Å². The van der Waals surface area contributed by atoms with Gasteiger partial charge in [-0.1, -0.05) is 48.5 Å². The molecule has 0 fully saturated rings. The fourth-order valence-corrected chi connectivity index (χ4v) is 6.34. The number of nitrogens with one attached hydrogen (secondary N) is 4. The number of anilines is 4. The van der Waals surface area contributed by atoms with E-state index in [0.29, 0.717) is 22.5 Å². The minimum Gasteiger partial charge on any atom is -0.308 e. The number of hydrogen-bond donors (Lipinski definition) is 4. The van der Waals surface area contributed by atoms with Gasteiger partial charge in [0.25, 0.3) is 20.0 Å². The second-order valence-corrected chi connectivity index (χ2v) is 11.8. The van der Waals surface area contributed by atoms with Crippen molar-refractivity contribution >= 4 is 48.8 Å². The molecule has 0 atom stereocenters. The van der Waals surface area contributed by atoms with Crippen LogP contribution in [0.3, 0.4) is 0 Å². The summed E-state index contributed by atoms with van der Waals surface area (Å²) < 4.78 is 56.2. The van der Waals surface area contributed by atoms with Gasteiger partial charge in [-0.2, -0.15) is 0 Å². The van der Waals surface area contributed by atoms with Crippen LogP contribution in [0.25, 0.3) is 0 Å². The quantitative estimate of drug-likeness (QED) is 0.228. The zero-order chi connectivity index (χ0) is 27.3. The molecule has 0 saturated carbocycles. The molecule has 0 heterocycles. The molecular formula is C27H26N4O5S2. The van der Waals surface area contributed by atoms with Crippen molar-refractivity contribution in [2.24, 2.45) is 0 Å². The normalized spacial score (nSPS) is 11.4. The van der Waals surface area contributed by atoms with Crippen molar-refractivity contribution in [1.82, 2.24) is 0 Å². The Balaban J connectivity index is 1.43. The Morgan fingerprint density at radius 2 is 0.895 bits per heavy atom. The maximum absolute atomic E-state index is 12.8. The zero-order valence-electron chi connectivity index (χ0n) is 20.6. The fourth-order valence-electron chi connectivity index (χ4n) is 3.75. The second-order valence-electron chi connectivity index (χ2n) is 8.48. The molecular weight excluding hydrogens is 524 g/mol. The van der Waals surface area contributed by atoms with Gasteiger partial charge in [0.2, 0.25) is 0 Å². The molecule has 0 aliphatic rings. The molecule has 4 rings (SSSR count). The van der Waals surface area contributed by atoms with Crippen LogP contribution in [-0.2, 0) is 20.0 Å². The molecule has 0 aliphatic carbocycles. The first-order valence-corrected chi connectivity index (χ1v) is 14.5. The van der Waals surface area contributed by atoms with Crippen LogP contribution in [0.4, 0.5) is 27.5 Å². The van der Waals surface area contributed by atoms with Crippen LogP contribution in [0.1, 0.15) is 11.1 Å². The molecule has 0 radical (unpaired) electrons. The van der Waals surface area contributed by atoms with Gasteiger partial charge in [-0.3, -0.25) is 9.44 Å². The summed E-state index contributed by atoms with van der Waals surface area (Å²) in [4.78, 5) is 12.9. The van der Waals surface area contributed by atoms with E-state index in [1.807, 2.05) is 0 Å². The summed E-state index contributed by atoms with van der Waals surface area (Å²) in [5, 5.41) is 5.29. The molecule has 196 valence electrons. The topological polar surface area (TPSA) is 133 Å². The number of carbonyl (C=O) groups is 1. The average molecular weight is 551 g/mol. The lowest BCUT2D eigenvalue weighted by molar-refractivity contribution is 0.262. The van der Waals surface area contributed by atoms with Crippen LogP contribution in [0.2, 0.25) is 0 Å². The first-order valence-electron chi connectivity index (χ1n) is 11.5. The monoisotopic (exact) mass is 550 g/mol. The molecule has 0 aliphatic heterocycles. The Hall–Kier alpha value is -4.35. The molecule has 4 N–H and O–H groups in total. The summed E-state index contributed by atoms with van der Waals surface area (Å²) in [7, 11) is -7.63. The van der Waals surface area contributed by atoms with E-state index in [1.54, 1.807) is 86.6 Å². The van der Waals surface area contributed by atoms with E-state index in [-0.39, 0.29) is 21.2 Å². The van der Waals surface area contributed by atoms with Crippen LogP contribution >= 0.6 is 0 Å². The molecule has 4 aromatic rings. The Morgan fingerprint density at radius 3 is 1.29 bits per heavy atom. The summed E-state index contributed by atoms with van der Waals surface area (Å²) >= 11 is 0. The highest BCUT2D eigenvalue weighted by molar-refractivity contribution is 7.93. The van der Waals surface area contributed by atoms with Gasteiger partial charge in [0.1, 0.15) is 0 Å². The average Bonchev–Trinajstić information content (AvgIpc) is 2.84. The number of benzene rings is 4. The molecule has 4 aromatic carbocycles. The zero-order valence-corrected chi connectivity index (χ0v) is 22.2. The Kier molecular flexibility index (Phi) is 7.70. The molecule has 0 unspecified atom stereocenters. The third-order valence-electron chi connectivity index (χ3n) is 5.51. The van der Waals surface area contributed by atoms with Crippen molar-refractivity contribution in [3.8, 4) is 0 Å². The minimum atomic E-state index is -3.81. The predicted octanol–water partition coefficient (Wildman–Crippen LogP) is 5.55. The molecule has 11 heteroatoms. The first-order chi connectivity index (χ1) is 18.0. The second kappa shape index (κ2) is 11.0. The standard InChI is InChI=1S/C27H26N4O5S2/c1-19-9-3-5-15-25(19)37(33,34)30-23-13-7-11-21(17-23)28-27(32)29-22-12-8-14-24(18-22)31-38(35,36)26-16-6-4-10-20(26)2/h3-18,30-31H,1-2H3,(H2,28,29,32). The van der Waals surface area contributed by atoms with Gasteiger partial charge in [-0.05, 0) is 73.5 Å². The molecule has 0 saturated heterocycles. The summed E-state index contributed by atoms with van der Waals surface area (Å²) in [5.41, 5.74) is 2.47. The number of sulfonamides is 2. The molecule has 2 amide bonds. The van der Waals surface area contributed by atoms with Gasteiger partial charge in [0, 0.05) is 11.4 Å². The van der Waals surface area contributed by atoms with Crippen molar-refractivity contribution in [2.75, 3.05) is 20.1 Å². The van der Waals surface area contributed by atoms with E-state index in [0.717, 1.165) is 0 Å². The maximum Gasteiger partial charge on any atom is 0.323 e. The van der Waals surface area contributed by atoms with E-state index >= 15 is 0 Å². The van der Waals surface area contributed by atoms with E-state index in [2.05, 4.69) is 20.1 Å². The lowest BCUT2D eigenvalue weighted by atomic mass is 10.2. The Bertz CT molecular complexity index is 1580. The van der Waals surface area contributed by atoms with Crippen molar-refractivity contribution < 1.29 is 21.6 Å². The van der Waals surface area contributed by atoms with Gasteiger partial charge in [-0.25, -0.2) is 21.6 Å². The number of aryl methyl sites for hydroxylation is 2. The first kappa shape index (κ1) is 26.7.